The number of aliphatic hydroxyl groups is 1. The van der Waals surface area contributed by atoms with Crippen LogP contribution in [-0.2, 0) is 33.6 Å². The summed E-state index contributed by atoms with van der Waals surface area (Å²) in [5, 5.41) is 39.1. The number of aliphatic imine (C=N–C) groups is 1. The number of aliphatic carboxylic acids is 2. The van der Waals surface area contributed by atoms with E-state index in [1.807, 2.05) is 0 Å². The van der Waals surface area contributed by atoms with Crippen LogP contribution >= 0.6 is 0 Å². The molecule has 14 N–H and O–H groups in total. The third-order valence-electron chi connectivity index (χ3n) is 5.85. The van der Waals surface area contributed by atoms with Gasteiger partial charge in [-0.15, -0.1) is 0 Å². The van der Waals surface area contributed by atoms with Gasteiger partial charge in [0.1, 0.15) is 30.2 Å². The van der Waals surface area contributed by atoms with E-state index < -0.39 is 96.7 Å². The van der Waals surface area contributed by atoms with Crippen molar-refractivity contribution in [1.29, 1.82) is 0 Å². The van der Waals surface area contributed by atoms with Crippen LogP contribution in [0.4, 0.5) is 0 Å². The molecule has 0 fully saturated rings. The first-order valence-corrected chi connectivity index (χ1v) is 13.3. The summed E-state index contributed by atoms with van der Waals surface area (Å²) in [6, 6.07) is -8.03. The van der Waals surface area contributed by atoms with Crippen LogP contribution in [0.25, 0.3) is 0 Å². The van der Waals surface area contributed by atoms with Gasteiger partial charge >= 0.3 is 11.9 Å². The third kappa shape index (κ3) is 14.8. The molecule has 19 heteroatoms. The molecular weight excluding hydrogens is 574 g/mol. The van der Waals surface area contributed by atoms with Crippen molar-refractivity contribution in [3.8, 4) is 0 Å². The number of carbonyl (C=O) groups is 7. The summed E-state index contributed by atoms with van der Waals surface area (Å²) in [5.41, 5.74) is 16.0. The van der Waals surface area contributed by atoms with Gasteiger partial charge < -0.3 is 59.1 Å². The summed E-state index contributed by atoms with van der Waals surface area (Å²) < 4.78 is 0. The lowest BCUT2D eigenvalue weighted by molar-refractivity contribution is -0.142. The molecular formula is C24H43N9O10. The van der Waals surface area contributed by atoms with Crippen LogP contribution in [0.15, 0.2) is 4.99 Å². The second-order valence-corrected chi connectivity index (χ2v) is 9.99. The molecule has 0 bridgehead atoms. The van der Waals surface area contributed by atoms with Crippen LogP contribution in [0.3, 0.4) is 0 Å². The quantitative estimate of drug-likeness (QED) is 0.0368. The molecule has 0 aliphatic heterocycles. The number of nitrogens with zero attached hydrogens (tertiary/aromatic N) is 1. The highest BCUT2D eigenvalue weighted by Gasteiger charge is 2.32. The third-order valence-corrected chi connectivity index (χ3v) is 5.85. The zero-order chi connectivity index (χ0) is 33.4. The van der Waals surface area contributed by atoms with Crippen LogP contribution in [0.1, 0.15) is 47.0 Å². The molecule has 0 saturated carbocycles. The Bertz CT molecular complexity index is 1050. The van der Waals surface area contributed by atoms with Crippen molar-refractivity contribution in [3.05, 3.63) is 0 Å². The molecule has 0 aromatic carbocycles. The van der Waals surface area contributed by atoms with Crippen LogP contribution in [0.2, 0.25) is 0 Å². The van der Waals surface area contributed by atoms with Gasteiger partial charge in [-0.2, -0.15) is 0 Å². The lowest BCUT2D eigenvalue weighted by Crippen LogP contribution is -2.60. The Balaban J connectivity index is 5.54. The van der Waals surface area contributed by atoms with Gasteiger partial charge in [-0.3, -0.25) is 38.6 Å². The highest BCUT2D eigenvalue weighted by atomic mass is 16.4. The predicted octanol–water partition coefficient (Wildman–Crippen LogP) is -4.96. The van der Waals surface area contributed by atoms with Crippen molar-refractivity contribution in [2.45, 2.75) is 83.2 Å². The Labute approximate surface area is 247 Å². The zero-order valence-electron chi connectivity index (χ0n) is 24.5. The largest absolute Gasteiger partial charge is 0.481 e. The lowest BCUT2D eigenvalue weighted by atomic mass is 10.0. The predicted molar refractivity (Wildman–Crippen MR) is 151 cm³/mol. The lowest BCUT2D eigenvalue weighted by Gasteiger charge is -2.27. The molecule has 0 aliphatic carbocycles. The van der Waals surface area contributed by atoms with Gasteiger partial charge in [0, 0.05) is 6.54 Å². The molecule has 244 valence electrons. The van der Waals surface area contributed by atoms with Crippen molar-refractivity contribution in [1.82, 2.24) is 26.6 Å². The number of amides is 5. The minimum absolute atomic E-state index is 0.00844. The summed E-state index contributed by atoms with van der Waals surface area (Å²) >= 11 is 0. The number of carbonyl (C=O) groups excluding carboxylic acids is 5. The van der Waals surface area contributed by atoms with Crippen LogP contribution in [0.5, 0.6) is 0 Å². The molecule has 0 saturated heterocycles. The van der Waals surface area contributed by atoms with E-state index in [2.05, 4.69) is 31.6 Å². The maximum atomic E-state index is 13.2. The van der Waals surface area contributed by atoms with Crippen molar-refractivity contribution in [2.24, 2.45) is 28.1 Å². The number of nitrogens with two attached hydrogens (primary N) is 3. The molecule has 0 heterocycles. The molecule has 0 aromatic rings. The average Bonchev–Trinajstić information content (AvgIpc) is 2.90. The van der Waals surface area contributed by atoms with Crippen LogP contribution in [-0.4, -0.2) is 112 Å². The summed E-state index contributed by atoms with van der Waals surface area (Å²) in [5.74, 6) is -7.81. The summed E-state index contributed by atoms with van der Waals surface area (Å²) in [7, 11) is 0. The molecule has 0 unspecified atom stereocenters. The Morgan fingerprint density at radius 3 is 1.74 bits per heavy atom. The van der Waals surface area contributed by atoms with E-state index >= 15 is 0 Å². The van der Waals surface area contributed by atoms with Crippen LogP contribution in [0, 0.1) is 5.92 Å². The van der Waals surface area contributed by atoms with Crippen molar-refractivity contribution in [2.75, 3.05) is 13.2 Å². The Kier molecular flexibility index (Phi) is 16.8. The summed E-state index contributed by atoms with van der Waals surface area (Å²) in [6.45, 7) is 4.84. The Morgan fingerprint density at radius 2 is 1.26 bits per heavy atom. The number of guanidine groups is 1. The van der Waals surface area contributed by atoms with E-state index in [1.54, 1.807) is 13.8 Å². The number of aliphatic hydroxyl groups excluding tert-OH is 1. The van der Waals surface area contributed by atoms with Gasteiger partial charge in [-0.1, -0.05) is 13.8 Å². The number of carboxylic acids is 2. The number of nitrogens with one attached hydrogen (secondary N) is 5. The van der Waals surface area contributed by atoms with Crippen molar-refractivity contribution >= 4 is 47.4 Å². The smallest absolute Gasteiger partial charge is 0.325 e. The zero-order valence-corrected chi connectivity index (χ0v) is 24.5. The molecule has 19 nitrogen and oxygen atoms in total. The fraction of sp³-hybridized carbons (Fsp3) is 0.667. The van der Waals surface area contributed by atoms with Crippen LogP contribution < -0.4 is 43.8 Å². The molecule has 0 radical (unpaired) electrons. The number of carboxylic acid groups (broad SMARTS) is 2. The molecule has 0 rings (SSSR count). The highest BCUT2D eigenvalue weighted by Crippen LogP contribution is 2.06. The number of hydrogen-bond donors (Lipinski definition) is 11. The second-order valence-electron chi connectivity index (χ2n) is 9.99. The van der Waals surface area contributed by atoms with Gasteiger partial charge in [-0.05, 0) is 32.6 Å². The van der Waals surface area contributed by atoms with E-state index in [9.17, 15) is 38.7 Å². The monoisotopic (exact) mass is 617 g/mol. The molecule has 43 heavy (non-hydrogen) atoms. The van der Waals surface area contributed by atoms with Gasteiger partial charge in [0.25, 0.3) is 0 Å². The highest BCUT2D eigenvalue weighted by molar-refractivity contribution is 5.96. The van der Waals surface area contributed by atoms with Gasteiger partial charge in [-0.25, -0.2) is 0 Å². The average molecular weight is 618 g/mol. The summed E-state index contributed by atoms with van der Waals surface area (Å²) in [6.07, 6.45) is -0.447. The minimum Gasteiger partial charge on any atom is -0.481 e. The second kappa shape index (κ2) is 18.8. The van der Waals surface area contributed by atoms with Crippen molar-refractivity contribution < 1.29 is 48.9 Å². The standard InChI is InChI=1S/C24H43N9O10/c1-10(2)17(22(41)31-14(6-5-7-28-24(26)27)20(39)30-12(4)23(42)43)33-21(40)15(9-34)32-18(37)11(3)29-19(38)13(25)8-16(35)36/h10-15,17,34H,5-9,25H2,1-4H3,(H,29,38)(H,30,39)(H,31,41)(H,32,37)(H,33,40)(H,35,36)(H,42,43)(H4,26,27,28)/t11-,12-,13-,14-,15-,17-/m0/s1. The fourth-order valence-corrected chi connectivity index (χ4v) is 3.36. The SMILES string of the molecule is CC(C)[C@H](NC(=O)[C@H](CO)NC(=O)[C@H](C)NC(=O)[C@@H](N)CC(=O)O)C(=O)N[C@@H](CCCN=C(N)N)C(=O)N[C@@H](C)C(=O)O. The van der Waals surface area contributed by atoms with E-state index in [0.29, 0.717) is 0 Å². The minimum atomic E-state index is -1.57. The Morgan fingerprint density at radius 1 is 0.721 bits per heavy atom. The maximum Gasteiger partial charge on any atom is 0.325 e. The first kappa shape index (κ1) is 38.5. The van der Waals surface area contributed by atoms with E-state index in [4.69, 9.17) is 27.4 Å². The van der Waals surface area contributed by atoms with Gasteiger partial charge in [0.05, 0.1) is 19.1 Å². The Hall–Kier alpha value is -4.52. The van der Waals surface area contributed by atoms with Gasteiger partial charge in [0.2, 0.25) is 29.5 Å². The van der Waals surface area contributed by atoms with Gasteiger partial charge in [0.15, 0.2) is 5.96 Å². The normalized spacial score (nSPS) is 15.0. The van der Waals surface area contributed by atoms with E-state index in [1.165, 1.54) is 13.8 Å². The molecule has 5 amide bonds. The number of hydrogen-bond acceptors (Lipinski definition) is 10. The van der Waals surface area contributed by atoms with E-state index in [0.717, 1.165) is 0 Å². The molecule has 0 aliphatic rings. The first-order chi connectivity index (χ1) is 19.9. The number of rotatable bonds is 19. The molecule has 0 aromatic heterocycles. The summed E-state index contributed by atoms with van der Waals surface area (Å²) in [4.78, 5) is 89.0. The van der Waals surface area contributed by atoms with E-state index in [-0.39, 0.29) is 25.3 Å². The fourth-order valence-electron chi connectivity index (χ4n) is 3.36. The van der Waals surface area contributed by atoms with Crippen molar-refractivity contribution in [3.63, 3.8) is 0 Å². The maximum absolute atomic E-state index is 13.2. The molecule has 6 atom stereocenters. The first-order valence-electron chi connectivity index (χ1n) is 13.3. The molecule has 0 spiro atoms. The topological polar surface area (TPSA) is 331 Å².